The maximum atomic E-state index is 12.5. The SMILES string of the molecule is COc1cccc2sc(NC(=O)C3CC34CCS(=O)(=O)CC4)nc12. The number of benzene rings is 1. The van der Waals surface area contributed by atoms with E-state index in [4.69, 9.17) is 4.74 Å². The maximum Gasteiger partial charge on any atom is 0.229 e. The lowest BCUT2D eigenvalue weighted by Crippen LogP contribution is -2.28. The normalized spacial score (nSPS) is 24.0. The summed E-state index contributed by atoms with van der Waals surface area (Å²) >= 11 is 1.42. The van der Waals surface area contributed by atoms with Gasteiger partial charge in [0, 0.05) is 5.92 Å². The number of amides is 1. The van der Waals surface area contributed by atoms with Gasteiger partial charge in [0.15, 0.2) is 5.13 Å². The molecule has 0 bridgehead atoms. The number of carbonyl (C=O) groups is 1. The van der Waals surface area contributed by atoms with Gasteiger partial charge in [-0.2, -0.15) is 0 Å². The van der Waals surface area contributed by atoms with Crippen molar-refractivity contribution < 1.29 is 17.9 Å². The average molecular weight is 366 g/mol. The number of carbonyl (C=O) groups excluding carboxylic acids is 1. The van der Waals surface area contributed by atoms with Crippen LogP contribution in [0.15, 0.2) is 18.2 Å². The summed E-state index contributed by atoms with van der Waals surface area (Å²) in [4.78, 5) is 17.0. The predicted molar refractivity (Wildman–Crippen MR) is 93.2 cm³/mol. The molecule has 24 heavy (non-hydrogen) atoms. The Bertz CT molecular complexity index is 905. The van der Waals surface area contributed by atoms with Gasteiger partial charge in [0.1, 0.15) is 21.1 Å². The van der Waals surface area contributed by atoms with Gasteiger partial charge in [-0.3, -0.25) is 4.79 Å². The predicted octanol–water partition coefficient (Wildman–Crippen LogP) is 2.46. The number of aromatic nitrogens is 1. The van der Waals surface area contributed by atoms with Crippen molar-refractivity contribution in [3.05, 3.63) is 18.2 Å². The van der Waals surface area contributed by atoms with E-state index in [0.29, 0.717) is 23.7 Å². The van der Waals surface area contributed by atoms with E-state index in [0.717, 1.165) is 16.6 Å². The van der Waals surface area contributed by atoms with Gasteiger partial charge in [-0.25, -0.2) is 13.4 Å². The Morgan fingerprint density at radius 1 is 1.38 bits per heavy atom. The number of hydrogen-bond acceptors (Lipinski definition) is 6. The number of rotatable bonds is 3. The number of anilines is 1. The molecule has 1 aromatic heterocycles. The molecule has 1 N–H and O–H groups in total. The fourth-order valence-corrected chi connectivity index (χ4v) is 6.08. The molecule has 2 fully saturated rings. The molecule has 8 heteroatoms. The molecule has 1 aliphatic carbocycles. The summed E-state index contributed by atoms with van der Waals surface area (Å²) in [6.07, 6.45) is 1.98. The van der Waals surface area contributed by atoms with Crippen LogP contribution >= 0.6 is 11.3 Å². The Hall–Kier alpha value is -1.67. The van der Waals surface area contributed by atoms with Gasteiger partial charge in [-0.1, -0.05) is 17.4 Å². The number of nitrogens with zero attached hydrogens (tertiary/aromatic N) is 1. The van der Waals surface area contributed by atoms with E-state index < -0.39 is 9.84 Å². The first-order valence-electron chi connectivity index (χ1n) is 7.87. The van der Waals surface area contributed by atoms with Crippen molar-refractivity contribution in [2.45, 2.75) is 19.3 Å². The number of nitrogens with one attached hydrogen (secondary N) is 1. The number of methoxy groups -OCH3 is 1. The van der Waals surface area contributed by atoms with Gasteiger partial charge in [-0.15, -0.1) is 0 Å². The van der Waals surface area contributed by atoms with E-state index >= 15 is 0 Å². The maximum absolute atomic E-state index is 12.5. The second-order valence-corrected chi connectivity index (χ2v) is 9.92. The zero-order chi connectivity index (χ0) is 16.9. The monoisotopic (exact) mass is 366 g/mol. The molecule has 1 unspecified atom stereocenters. The first kappa shape index (κ1) is 15.8. The van der Waals surface area contributed by atoms with Crippen LogP contribution in [0.2, 0.25) is 0 Å². The molecule has 1 saturated carbocycles. The Balaban J connectivity index is 1.48. The minimum atomic E-state index is -2.90. The quantitative estimate of drug-likeness (QED) is 0.902. The minimum Gasteiger partial charge on any atom is -0.494 e. The van der Waals surface area contributed by atoms with Crippen LogP contribution in [0.3, 0.4) is 0 Å². The highest BCUT2D eigenvalue weighted by atomic mass is 32.2. The highest BCUT2D eigenvalue weighted by Gasteiger charge is 2.59. The summed E-state index contributed by atoms with van der Waals surface area (Å²) in [5.41, 5.74) is 0.638. The lowest BCUT2D eigenvalue weighted by Gasteiger charge is -2.22. The van der Waals surface area contributed by atoms with Crippen LogP contribution in [-0.4, -0.2) is 37.9 Å². The fourth-order valence-electron chi connectivity index (χ4n) is 3.55. The molecule has 1 aliphatic heterocycles. The van der Waals surface area contributed by atoms with Crippen molar-refractivity contribution >= 4 is 42.4 Å². The van der Waals surface area contributed by atoms with Gasteiger partial charge in [0.25, 0.3) is 0 Å². The van der Waals surface area contributed by atoms with Crippen LogP contribution in [0.5, 0.6) is 5.75 Å². The van der Waals surface area contributed by atoms with E-state index in [9.17, 15) is 13.2 Å². The van der Waals surface area contributed by atoms with Gasteiger partial charge in [0.05, 0.1) is 23.3 Å². The van der Waals surface area contributed by atoms with Crippen molar-refractivity contribution in [2.24, 2.45) is 11.3 Å². The van der Waals surface area contributed by atoms with Crippen LogP contribution in [0.4, 0.5) is 5.13 Å². The summed E-state index contributed by atoms with van der Waals surface area (Å²) in [7, 11) is -1.31. The van der Waals surface area contributed by atoms with Gasteiger partial charge < -0.3 is 10.1 Å². The molecule has 1 spiro atoms. The van der Waals surface area contributed by atoms with Crippen molar-refractivity contribution in [1.29, 1.82) is 0 Å². The standard InChI is InChI=1S/C16H18N2O4S2/c1-22-11-3-2-4-12-13(11)17-15(23-12)18-14(19)10-9-16(10)5-7-24(20,21)8-6-16/h2-4,10H,5-9H2,1H3,(H,17,18,19). The van der Waals surface area contributed by atoms with Crippen LogP contribution in [0, 0.1) is 11.3 Å². The number of hydrogen-bond donors (Lipinski definition) is 1. The molecular weight excluding hydrogens is 348 g/mol. The van der Waals surface area contributed by atoms with E-state index in [1.54, 1.807) is 7.11 Å². The summed E-state index contributed by atoms with van der Waals surface area (Å²) in [5.74, 6) is 0.948. The molecule has 1 saturated heterocycles. The lowest BCUT2D eigenvalue weighted by molar-refractivity contribution is -0.118. The van der Waals surface area contributed by atoms with Crippen LogP contribution in [0.25, 0.3) is 10.2 Å². The summed E-state index contributed by atoms with van der Waals surface area (Å²) in [5, 5.41) is 3.46. The minimum absolute atomic E-state index is 0.0488. The Labute approximate surface area is 144 Å². The molecular formula is C16H18N2O4S2. The number of ether oxygens (including phenoxy) is 1. The van der Waals surface area contributed by atoms with Gasteiger partial charge in [-0.05, 0) is 36.8 Å². The van der Waals surface area contributed by atoms with Crippen molar-refractivity contribution in [3.8, 4) is 5.75 Å². The molecule has 2 aliphatic rings. The molecule has 1 amide bonds. The molecule has 0 radical (unpaired) electrons. The van der Waals surface area contributed by atoms with Gasteiger partial charge in [0.2, 0.25) is 5.91 Å². The summed E-state index contributed by atoms with van der Waals surface area (Å²) in [6, 6.07) is 5.67. The first-order valence-corrected chi connectivity index (χ1v) is 10.5. The number of fused-ring (bicyclic) bond motifs is 1. The van der Waals surface area contributed by atoms with E-state index in [2.05, 4.69) is 10.3 Å². The lowest BCUT2D eigenvalue weighted by atomic mass is 9.96. The van der Waals surface area contributed by atoms with Crippen LogP contribution in [-0.2, 0) is 14.6 Å². The van der Waals surface area contributed by atoms with Crippen molar-refractivity contribution in [1.82, 2.24) is 4.98 Å². The molecule has 6 nitrogen and oxygen atoms in total. The zero-order valence-corrected chi connectivity index (χ0v) is 14.9. The Morgan fingerprint density at radius 2 is 2.12 bits per heavy atom. The largest absolute Gasteiger partial charge is 0.494 e. The smallest absolute Gasteiger partial charge is 0.229 e. The topological polar surface area (TPSA) is 85.4 Å². The number of sulfone groups is 1. The molecule has 2 heterocycles. The Kier molecular flexibility index (Phi) is 3.58. The fraction of sp³-hybridized carbons (Fsp3) is 0.500. The number of para-hydroxylation sites is 1. The second-order valence-electron chi connectivity index (χ2n) is 6.59. The number of thiazole rings is 1. The van der Waals surface area contributed by atoms with Crippen LogP contribution in [0.1, 0.15) is 19.3 Å². The Morgan fingerprint density at radius 3 is 2.83 bits per heavy atom. The van der Waals surface area contributed by atoms with Gasteiger partial charge >= 0.3 is 0 Å². The molecule has 2 aromatic rings. The highest BCUT2D eigenvalue weighted by Crippen LogP contribution is 2.60. The molecule has 1 atom stereocenters. The van der Waals surface area contributed by atoms with E-state index in [1.165, 1.54) is 11.3 Å². The van der Waals surface area contributed by atoms with Crippen molar-refractivity contribution in [2.75, 3.05) is 23.9 Å². The molecule has 1 aromatic carbocycles. The van der Waals surface area contributed by atoms with E-state index in [1.807, 2.05) is 18.2 Å². The highest BCUT2D eigenvalue weighted by molar-refractivity contribution is 7.91. The third-order valence-electron chi connectivity index (χ3n) is 5.16. The van der Waals surface area contributed by atoms with E-state index in [-0.39, 0.29) is 28.7 Å². The average Bonchev–Trinajstić information content (AvgIpc) is 3.12. The molecule has 4 rings (SSSR count). The summed E-state index contributed by atoms with van der Waals surface area (Å²) < 4.78 is 29.4. The third-order valence-corrected chi connectivity index (χ3v) is 7.75. The summed E-state index contributed by atoms with van der Waals surface area (Å²) in [6.45, 7) is 0. The van der Waals surface area contributed by atoms with Crippen LogP contribution < -0.4 is 10.1 Å². The van der Waals surface area contributed by atoms with Crippen molar-refractivity contribution in [3.63, 3.8) is 0 Å². The third kappa shape index (κ3) is 2.67. The second kappa shape index (κ2) is 5.42. The molecule has 128 valence electrons. The zero-order valence-electron chi connectivity index (χ0n) is 13.2. The first-order chi connectivity index (χ1) is 11.4.